The van der Waals surface area contributed by atoms with Gasteiger partial charge in [0.2, 0.25) is 5.96 Å². The molecule has 11 heteroatoms. The Labute approximate surface area is 182 Å². The summed E-state index contributed by atoms with van der Waals surface area (Å²) in [5.74, 6) is -0.609. The summed E-state index contributed by atoms with van der Waals surface area (Å²) >= 11 is 0. The van der Waals surface area contributed by atoms with E-state index < -0.39 is 22.0 Å². The van der Waals surface area contributed by atoms with Crippen LogP contribution in [-0.2, 0) is 30.5 Å². The first kappa shape index (κ1) is 26.1. The molecular formula is C20H30N4O6S. The molecule has 1 aromatic carbocycles. The van der Waals surface area contributed by atoms with Gasteiger partial charge in [0.25, 0.3) is 16.0 Å². The van der Waals surface area contributed by atoms with E-state index in [-0.39, 0.29) is 28.4 Å². The fraction of sp³-hybridized carbons (Fsp3) is 0.450. The molecule has 10 nitrogen and oxygen atoms in total. The van der Waals surface area contributed by atoms with Crippen molar-refractivity contribution in [2.24, 2.45) is 10.7 Å². The molecule has 0 aliphatic carbocycles. The van der Waals surface area contributed by atoms with Crippen molar-refractivity contribution in [3.8, 4) is 5.75 Å². The minimum absolute atomic E-state index is 0.0513. The number of rotatable bonds is 1. The minimum Gasteiger partial charge on any atom is -0.507 e. The third-order valence-corrected chi connectivity index (χ3v) is 3.92. The summed E-state index contributed by atoms with van der Waals surface area (Å²) in [6.45, 7) is 12.1. The summed E-state index contributed by atoms with van der Waals surface area (Å²) in [7, 11) is -3.67. The van der Waals surface area contributed by atoms with E-state index in [0.717, 1.165) is 16.7 Å². The number of carbonyl (C=O) groups excluding carboxylic acids is 1. The van der Waals surface area contributed by atoms with Crippen molar-refractivity contribution in [1.82, 2.24) is 5.32 Å². The molecule has 0 radical (unpaired) electrons. The predicted octanol–water partition coefficient (Wildman–Crippen LogP) is 2.23. The van der Waals surface area contributed by atoms with E-state index in [0.29, 0.717) is 6.26 Å². The van der Waals surface area contributed by atoms with E-state index in [9.17, 15) is 18.3 Å². The second-order valence-corrected chi connectivity index (χ2v) is 10.5. The van der Waals surface area contributed by atoms with Crippen molar-refractivity contribution in [2.45, 2.75) is 52.4 Å². The van der Waals surface area contributed by atoms with Gasteiger partial charge in [-0.3, -0.25) is 20.1 Å². The van der Waals surface area contributed by atoms with Crippen molar-refractivity contribution in [3.05, 3.63) is 34.6 Å². The lowest BCUT2D eigenvalue weighted by molar-refractivity contribution is -0.116. The van der Waals surface area contributed by atoms with Crippen molar-refractivity contribution in [3.63, 3.8) is 0 Å². The van der Waals surface area contributed by atoms with Gasteiger partial charge in [-0.2, -0.15) is 13.4 Å². The summed E-state index contributed by atoms with van der Waals surface area (Å²) in [5, 5.41) is 20.3. The monoisotopic (exact) mass is 454 g/mol. The molecule has 0 saturated carbocycles. The standard InChI is InChI=1S/C19H26N4O3.CH4O3S/c1-18(2,3)11-7-10(8-12(14(11)24)19(4,5)6)9-13-15(25)22-17(26-13)23-16(20)21;1-5(2,3)4/h7-9,24H,1-6H3,(H4,20,21,22,23,25);1H3,(H,2,3,4). The maximum absolute atomic E-state index is 12.1. The number of hydrogen-bond acceptors (Lipinski definition) is 6. The van der Waals surface area contributed by atoms with Crippen LogP contribution in [0.15, 0.2) is 22.9 Å². The smallest absolute Gasteiger partial charge is 0.305 e. The van der Waals surface area contributed by atoms with Crippen LogP contribution in [0.3, 0.4) is 0 Å². The second-order valence-electron chi connectivity index (χ2n) is 9.06. The van der Waals surface area contributed by atoms with E-state index in [1.54, 1.807) is 6.08 Å². The fourth-order valence-electron chi connectivity index (χ4n) is 2.62. The van der Waals surface area contributed by atoms with E-state index in [4.69, 9.17) is 20.4 Å². The van der Waals surface area contributed by atoms with Crippen LogP contribution in [0.25, 0.3) is 6.08 Å². The summed E-state index contributed by atoms with van der Waals surface area (Å²) in [4.78, 5) is 15.6. The number of carbonyl (C=O) groups is 1. The van der Waals surface area contributed by atoms with E-state index in [2.05, 4.69) is 10.3 Å². The molecule has 172 valence electrons. The lowest BCUT2D eigenvalue weighted by Crippen LogP contribution is -2.23. The maximum atomic E-state index is 12.1. The predicted molar refractivity (Wildman–Crippen MR) is 120 cm³/mol. The van der Waals surface area contributed by atoms with Crippen molar-refractivity contribution < 1.29 is 27.6 Å². The normalized spacial score (nSPS) is 17.1. The van der Waals surface area contributed by atoms with Crippen molar-refractivity contribution in [1.29, 1.82) is 5.41 Å². The molecule has 2 rings (SSSR count). The number of amidine groups is 1. The number of ether oxygens (including phenoxy) is 1. The Morgan fingerprint density at radius 3 is 1.94 bits per heavy atom. The molecule has 1 fully saturated rings. The molecule has 0 unspecified atom stereocenters. The zero-order valence-electron chi connectivity index (χ0n) is 18.7. The van der Waals surface area contributed by atoms with Gasteiger partial charge < -0.3 is 15.6 Å². The summed E-state index contributed by atoms with van der Waals surface area (Å²) in [5.41, 5.74) is 6.93. The van der Waals surface area contributed by atoms with Crippen LogP contribution in [0.1, 0.15) is 58.2 Å². The van der Waals surface area contributed by atoms with Gasteiger partial charge >= 0.3 is 6.02 Å². The van der Waals surface area contributed by atoms with E-state index >= 15 is 0 Å². The van der Waals surface area contributed by atoms with Crippen molar-refractivity contribution >= 4 is 34.1 Å². The number of phenolic OH excluding ortho intramolecular Hbond substituents is 1. The molecule has 1 aliphatic heterocycles. The topological polar surface area (TPSA) is 175 Å². The number of nitrogens with one attached hydrogen (secondary N) is 2. The molecule has 6 N–H and O–H groups in total. The summed E-state index contributed by atoms with van der Waals surface area (Å²) in [6, 6.07) is 3.56. The van der Waals surface area contributed by atoms with Gasteiger partial charge in [0.15, 0.2) is 5.76 Å². The van der Waals surface area contributed by atoms with Crippen LogP contribution in [0.4, 0.5) is 0 Å². The summed E-state index contributed by atoms with van der Waals surface area (Å²) in [6.07, 6.45) is 2.30. The SMILES string of the molecule is CC(C)(C)c1cc(C=C2OC(=NC(=N)N)NC2=O)cc(C(C)(C)C)c1O.CS(=O)(=O)O. The molecule has 0 atom stereocenters. The molecule has 1 amide bonds. The Bertz CT molecular complexity index is 1000. The van der Waals surface area contributed by atoms with Gasteiger partial charge in [-0.15, -0.1) is 0 Å². The maximum Gasteiger partial charge on any atom is 0.305 e. The van der Waals surface area contributed by atoms with Gasteiger partial charge in [-0.05, 0) is 34.6 Å². The number of nitrogens with two attached hydrogens (primary N) is 1. The average molecular weight is 455 g/mol. The first-order chi connectivity index (χ1) is 13.8. The highest BCUT2D eigenvalue weighted by Gasteiger charge is 2.28. The third-order valence-electron chi connectivity index (χ3n) is 3.92. The quantitative estimate of drug-likeness (QED) is 0.187. The molecule has 0 bridgehead atoms. The van der Waals surface area contributed by atoms with Crippen LogP contribution in [-0.4, -0.2) is 42.2 Å². The van der Waals surface area contributed by atoms with Crippen LogP contribution < -0.4 is 11.1 Å². The number of aromatic hydroxyl groups is 1. The zero-order valence-corrected chi connectivity index (χ0v) is 19.5. The number of amides is 1. The number of benzene rings is 1. The molecule has 1 heterocycles. The van der Waals surface area contributed by atoms with Crippen LogP contribution in [0.2, 0.25) is 0 Å². The largest absolute Gasteiger partial charge is 0.507 e. The van der Waals surface area contributed by atoms with E-state index in [1.807, 2.05) is 53.7 Å². The lowest BCUT2D eigenvalue weighted by atomic mass is 9.78. The number of guanidine groups is 1. The second kappa shape index (κ2) is 9.06. The third kappa shape index (κ3) is 8.38. The molecule has 31 heavy (non-hydrogen) atoms. The molecule has 1 aliphatic rings. The molecule has 1 aromatic rings. The van der Waals surface area contributed by atoms with Gasteiger partial charge in [0.1, 0.15) is 5.75 Å². The van der Waals surface area contributed by atoms with Gasteiger partial charge in [-0.25, -0.2) is 0 Å². The van der Waals surface area contributed by atoms with Crippen molar-refractivity contribution in [2.75, 3.05) is 6.26 Å². The Kier molecular flexibility index (Phi) is 7.64. The zero-order chi connectivity index (χ0) is 24.4. The number of nitrogens with zero attached hydrogens (tertiary/aromatic N) is 1. The van der Waals surface area contributed by atoms with Gasteiger partial charge in [-0.1, -0.05) is 41.5 Å². The Morgan fingerprint density at radius 1 is 1.16 bits per heavy atom. The summed E-state index contributed by atoms with van der Waals surface area (Å²) < 4.78 is 31.2. The first-order valence-electron chi connectivity index (χ1n) is 9.23. The molecule has 1 saturated heterocycles. The Hall–Kier alpha value is -2.92. The highest BCUT2D eigenvalue weighted by Crippen LogP contribution is 2.40. The number of phenols is 1. The number of aliphatic imine (C=N–C) groups is 1. The minimum atomic E-state index is -3.67. The molecular weight excluding hydrogens is 424 g/mol. The highest BCUT2D eigenvalue weighted by atomic mass is 32.2. The molecule has 0 spiro atoms. The van der Waals surface area contributed by atoms with Gasteiger partial charge in [0, 0.05) is 11.1 Å². The van der Waals surface area contributed by atoms with E-state index in [1.165, 1.54) is 0 Å². The first-order valence-corrected chi connectivity index (χ1v) is 11.1. The Morgan fingerprint density at radius 2 is 1.58 bits per heavy atom. The van der Waals surface area contributed by atoms with Crippen LogP contribution in [0, 0.1) is 5.41 Å². The Balaban J connectivity index is 0.000000861. The average Bonchev–Trinajstić information content (AvgIpc) is 2.83. The lowest BCUT2D eigenvalue weighted by Gasteiger charge is -2.27. The van der Waals surface area contributed by atoms with Crippen LogP contribution >= 0.6 is 0 Å². The van der Waals surface area contributed by atoms with Crippen LogP contribution in [0.5, 0.6) is 5.75 Å². The van der Waals surface area contributed by atoms with Gasteiger partial charge in [0.05, 0.1) is 6.26 Å². The number of hydrogen-bond donors (Lipinski definition) is 5. The highest BCUT2D eigenvalue weighted by molar-refractivity contribution is 7.85. The fourth-order valence-corrected chi connectivity index (χ4v) is 2.62. The molecule has 0 aromatic heterocycles.